The average molecular weight is 1490 g/mol. The molecule has 10 heterocycles. The molecule has 1 aromatic carbocycles. The molecular formula is C63H71N15O18S5. The van der Waals surface area contributed by atoms with Gasteiger partial charge in [0.2, 0.25) is 11.8 Å². The highest BCUT2D eigenvalue weighted by Gasteiger charge is 2.50. The summed E-state index contributed by atoms with van der Waals surface area (Å²) in [6, 6.07) is -0.321. The van der Waals surface area contributed by atoms with Crippen LogP contribution in [0.2, 0.25) is 0 Å². The highest BCUT2D eigenvalue weighted by Crippen LogP contribution is 2.43. The zero-order chi connectivity index (χ0) is 72.5. The van der Waals surface area contributed by atoms with Gasteiger partial charge in [-0.15, -0.1) is 56.7 Å². The first kappa shape index (κ1) is 73.2. The van der Waals surface area contributed by atoms with E-state index < -0.39 is 140 Å². The van der Waals surface area contributed by atoms with Crippen LogP contribution in [-0.4, -0.2) is 196 Å². The number of hydrogen-bond donors (Lipinski definition) is 12. The van der Waals surface area contributed by atoms with Crippen LogP contribution in [0.1, 0.15) is 122 Å². The van der Waals surface area contributed by atoms with E-state index in [1.54, 1.807) is 68.0 Å². The molecule has 0 spiro atoms. The van der Waals surface area contributed by atoms with Crippen molar-refractivity contribution in [3.63, 3.8) is 0 Å². The van der Waals surface area contributed by atoms with Gasteiger partial charge in [-0.25, -0.2) is 44.3 Å². The molecule has 3 aliphatic heterocycles. The molecule has 8 aromatic rings. The maximum absolute atomic E-state index is 15.1. The topological polar surface area (TPSA) is 460 Å². The Morgan fingerprint density at radius 2 is 1.63 bits per heavy atom. The number of methoxy groups -OCH3 is 1. The molecule has 0 radical (unpaired) electrons. The third-order valence-corrected chi connectivity index (χ3v) is 21.3. The zero-order valence-corrected chi connectivity index (χ0v) is 59.5. The largest absolute Gasteiger partial charge is 0.506 e. The average Bonchev–Trinajstić information content (AvgIpc) is 1.65. The van der Waals surface area contributed by atoms with Crippen LogP contribution in [0.15, 0.2) is 56.9 Å². The third-order valence-electron chi connectivity index (χ3n) is 16.8. The summed E-state index contributed by atoms with van der Waals surface area (Å²) >= 11 is 5.09. The second kappa shape index (κ2) is 30.7. The van der Waals surface area contributed by atoms with Gasteiger partial charge in [0.1, 0.15) is 114 Å². The fourth-order valence-electron chi connectivity index (χ4n) is 12.1. The maximum Gasteiger partial charge on any atom is 0.358 e. The fraction of sp³-hybridized carbons (Fsp3) is 0.413. The number of nitrogens with one attached hydrogen (secondary N) is 6. The molecule has 13 N–H and O–H groups in total. The lowest BCUT2D eigenvalue weighted by Crippen LogP contribution is -2.62. The van der Waals surface area contributed by atoms with Crippen molar-refractivity contribution in [1.82, 2.24) is 71.4 Å². The van der Waals surface area contributed by atoms with Crippen LogP contribution in [0.3, 0.4) is 0 Å². The number of rotatable bonds is 20. The Morgan fingerprint density at radius 1 is 0.911 bits per heavy atom. The normalized spacial score (nSPS) is 22.2. The molecule has 0 aliphatic carbocycles. The number of aromatic nitrogens is 7. The number of carbonyl (C=O) groups is 7. The number of primary amides is 1. The summed E-state index contributed by atoms with van der Waals surface area (Å²) in [5.74, 6) is -5.28. The van der Waals surface area contributed by atoms with Gasteiger partial charge in [0, 0.05) is 49.8 Å². The highest BCUT2D eigenvalue weighted by molar-refractivity contribution is 7.13. The number of cyclic esters (lactones) is 2. The maximum atomic E-state index is 15.1. The van der Waals surface area contributed by atoms with Gasteiger partial charge in [-0.05, 0) is 73.5 Å². The number of ether oxygens (including phenoxy) is 6. The van der Waals surface area contributed by atoms with Gasteiger partial charge < -0.3 is 96.6 Å². The Hall–Kier alpha value is -9.03. The van der Waals surface area contributed by atoms with E-state index in [2.05, 4.69) is 46.9 Å². The first-order chi connectivity index (χ1) is 48.2. The Bertz CT molecular complexity index is 4500. The second-order valence-electron chi connectivity index (χ2n) is 24.2. The molecule has 11 rings (SSSR count). The van der Waals surface area contributed by atoms with E-state index in [1.165, 1.54) is 50.9 Å². The summed E-state index contributed by atoms with van der Waals surface area (Å²) in [4.78, 5) is 128. The van der Waals surface area contributed by atoms with E-state index in [0.29, 0.717) is 26.7 Å². The van der Waals surface area contributed by atoms with E-state index in [4.69, 9.17) is 49.1 Å². The first-order valence-corrected chi connectivity index (χ1v) is 35.5. The van der Waals surface area contributed by atoms with Crippen LogP contribution >= 0.6 is 56.7 Å². The number of allylic oxidation sites excluding steroid dienone is 1. The van der Waals surface area contributed by atoms with Crippen LogP contribution in [0.5, 0.6) is 5.75 Å². The van der Waals surface area contributed by atoms with Gasteiger partial charge in [0.25, 0.3) is 11.8 Å². The number of fused-ring (bicyclic) bond motifs is 4. The molecular weight excluding hydrogens is 1420 g/mol. The lowest BCUT2D eigenvalue weighted by atomic mass is 9.85. The summed E-state index contributed by atoms with van der Waals surface area (Å²) in [5, 5.41) is 81.1. The lowest BCUT2D eigenvalue weighted by Gasteiger charge is -2.48. The molecule has 536 valence electrons. The fourth-order valence-corrected chi connectivity index (χ4v) is 16.3. The Kier molecular flexibility index (Phi) is 22.2. The van der Waals surface area contributed by atoms with Crippen molar-refractivity contribution in [3.8, 4) is 38.4 Å². The number of esters is 2. The molecule has 38 heteroatoms. The Balaban J connectivity index is 1.01. The van der Waals surface area contributed by atoms with Gasteiger partial charge >= 0.3 is 18.0 Å². The number of thiazole rings is 5. The lowest BCUT2D eigenvalue weighted by molar-refractivity contribution is -0.280. The number of aliphatic hydroxyl groups excluding tert-OH is 2. The van der Waals surface area contributed by atoms with Crippen molar-refractivity contribution in [2.24, 2.45) is 5.73 Å². The summed E-state index contributed by atoms with van der Waals surface area (Å²) in [7, 11) is 6.41. The van der Waals surface area contributed by atoms with Crippen LogP contribution < -0.4 is 37.6 Å². The molecule has 7 aromatic heterocycles. The van der Waals surface area contributed by atoms with Crippen LogP contribution in [0.25, 0.3) is 49.3 Å². The minimum Gasteiger partial charge on any atom is -0.506 e. The summed E-state index contributed by atoms with van der Waals surface area (Å²) in [6.45, 7) is 5.54. The van der Waals surface area contributed by atoms with Crippen LogP contribution in [0, 0.1) is 0 Å². The Labute approximate surface area is 595 Å². The van der Waals surface area contributed by atoms with Gasteiger partial charge in [-0.1, -0.05) is 12.1 Å². The van der Waals surface area contributed by atoms with E-state index in [-0.39, 0.29) is 101 Å². The van der Waals surface area contributed by atoms with Crippen molar-refractivity contribution in [2.45, 2.75) is 134 Å². The predicted molar refractivity (Wildman–Crippen MR) is 366 cm³/mol. The number of carbonyl (C=O) groups excluding carboxylic acids is 7. The molecule has 101 heavy (non-hydrogen) atoms. The van der Waals surface area contributed by atoms with Gasteiger partial charge in [0.05, 0.1) is 67.6 Å². The number of hydrogen-bond acceptors (Lipinski definition) is 31. The zero-order valence-electron chi connectivity index (χ0n) is 55.5. The number of aliphatic hydroxyl groups is 3. The van der Waals surface area contributed by atoms with Gasteiger partial charge in [-0.2, -0.15) is 4.73 Å². The Morgan fingerprint density at radius 3 is 2.34 bits per heavy atom. The SMILES string of the molecule is CN[C@H](C(=O)N/C(=C(\C)OC)c1nc(C(=O)N[C@@H]2c3nc(cs3)C(=O)N[C@H](c3nc(-c4nc(-c5nc(CNC(=O)[C@H](C)NC(N)=O)cs5)c(O)cc4-c4nc(CO)cs4)cs3)COC(=O)c3c4c5c(cccc5n3O)COC(=O)[C@@H](O[C@H]3C[C@](C)(O)[C@H](N(C)C)[C@H](C)O3)[C@H]2OC4)cs1)[C@@H](C)O. The molecule has 0 saturated carbocycles. The molecule has 6 amide bonds. The molecule has 11 atom stereocenters. The van der Waals surface area contributed by atoms with E-state index in [1.807, 2.05) is 0 Å². The van der Waals surface area contributed by atoms with Crippen LogP contribution in [-0.2, 0) is 69.2 Å². The minimum absolute atomic E-state index is 0.00311. The number of urea groups is 1. The number of amides is 6. The predicted octanol–water partition coefficient (Wildman–Crippen LogP) is 3.80. The smallest absolute Gasteiger partial charge is 0.358 e. The quantitative estimate of drug-likeness (QED) is 0.0293. The number of nitrogens with two attached hydrogens (primary N) is 1. The van der Waals surface area contributed by atoms with E-state index in [9.17, 15) is 40.0 Å². The van der Waals surface area contributed by atoms with Gasteiger partial charge in [-0.3, -0.25) is 19.2 Å². The molecule has 1 fully saturated rings. The second-order valence-corrected chi connectivity index (χ2v) is 28.5. The molecule has 4 bridgehead atoms. The van der Waals surface area contributed by atoms with Crippen molar-refractivity contribution >= 4 is 115 Å². The van der Waals surface area contributed by atoms with E-state index in [0.717, 1.165) is 56.7 Å². The highest BCUT2D eigenvalue weighted by atomic mass is 32.1. The monoisotopic (exact) mass is 1490 g/mol. The van der Waals surface area contributed by atoms with Crippen molar-refractivity contribution in [2.75, 3.05) is 34.9 Å². The number of nitrogens with zero attached hydrogens (tertiary/aromatic N) is 8. The number of aromatic hydroxyl groups is 1. The van der Waals surface area contributed by atoms with Crippen molar-refractivity contribution in [3.05, 3.63) is 112 Å². The standard InChI is InChI=1S/C63H71N15O18S5/c1-25(67-62(64)88)51(82)66-15-30-20-98-58(68-30)45-39(81)13-32(55-69-31(16-79)21-97-55)44(74-45)35-22-99-56(71-35)34-19-94-60(86)47-33-18-92-48(49(96-40-14-63(5,89)50(77(7)8)28(4)95-40)61(87)93-17-29-11-10-12-38(41(29)33)78(47)90)46(59-73-36(23-101-59)52(83)70-34)76-53(84)37-24-100-57(72-37)43(27(3)91-9)75-54(85)42(65-6)26(2)80/h10-13,20-26,28,34,40,42,46,48-50,65,79-81,89-90H,14-19H2,1-9H3,(H,66,82)(H,70,83)(H,75,85)(H,76,84)(H3,64,67,88)/b43-27+/t25-,26+,28-,34-,40-,42-,46-,48-,49-,50+,63-/m0/s1. The van der Waals surface area contributed by atoms with E-state index >= 15 is 19.2 Å². The van der Waals surface area contributed by atoms with Crippen LogP contribution in [0.4, 0.5) is 4.79 Å². The van der Waals surface area contributed by atoms with Crippen molar-refractivity contribution in [1.29, 1.82) is 0 Å². The van der Waals surface area contributed by atoms with Crippen molar-refractivity contribution < 1.29 is 87.6 Å². The molecule has 1 saturated heterocycles. The molecule has 33 nitrogen and oxygen atoms in total. The summed E-state index contributed by atoms with van der Waals surface area (Å²) in [6.07, 6.45) is -7.06. The summed E-state index contributed by atoms with van der Waals surface area (Å²) < 4.78 is 38.2. The van der Waals surface area contributed by atoms with Gasteiger partial charge in [0.15, 0.2) is 18.1 Å². The number of pyridine rings is 1. The first-order valence-electron chi connectivity index (χ1n) is 31.1. The summed E-state index contributed by atoms with van der Waals surface area (Å²) in [5.41, 5.74) is 4.53. The number of likely N-dealkylation sites (N-methyl/N-ethyl adjacent to an activating group) is 2. The molecule has 0 unspecified atom stereocenters. The molecule has 3 aliphatic rings. The number of benzene rings is 1. The third kappa shape index (κ3) is 15.6. The minimum atomic E-state index is -1.90.